The number of hydrogen-bond acceptors (Lipinski definition) is 2. The number of anilines is 1. The van der Waals surface area contributed by atoms with Crippen molar-refractivity contribution >= 4 is 11.7 Å². The Kier molecular flexibility index (Phi) is 3.77. The van der Waals surface area contributed by atoms with Crippen LogP contribution in [0.1, 0.15) is 16.7 Å². The van der Waals surface area contributed by atoms with Crippen molar-refractivity contribution in [3.05, 3.63) is 59.2 Å². The summed E-state index contributed by atoms with van der Waals surface area (Å²) >= 11 is 0. The molecule has 2 N–H and O–H groups in total. The lowest BCUT2D eigenvalue weighted by Crippen LogP contribution is -2.28. The van der Waals surface area contributed by atoms with Crippen LogP contribution in [0, 0.1) is 6.92 Å². The lowest BCUT2D eigenvalue weighted by atomic mass is 10.1. The van der Waals surface area contributed by atoms with Gasteiger partial charge >= 0.3 is 6.03 Å². The predicted molar refractivity (Wildman–Crippen MR) is 82.7 cm³/mol. The molecule has 0 aliphatic carbocycles. The van der Waals surface area contributed by atoms with E-state index in [9.17, 15) is 4.79 Å². The van der Waals surface area contributed by atoms with E-state index in [0.29, 0.717) is 6.54 Å². The predicted octanol–water partition coefficient (Wildman–Crippen LogP) is 3.25. The number of hydrogen-bond donors (Lipinski definition) is 2. The highest BCUT2D eigenvalue weighted by Gasteiger charge is 2.12. The highest BCUT2D eigenvalue weighted by Crippen LogP contribution is 2.27. The van der Waals surface area contributed by atoms with Crippen LogP contribution in [0.15, 0.2) is 42.5 Å². The van der Waals surface area contributed by atoms with Gasteiger partial charge in [0.25, 0.3) is 0 Å². The minimum atomic E-state index is -0.200. The second kappa shape index (κ2) is 5.87. The van der Waals surface area contributed by atoms with E-state index >= 15 is 0 Å². The van der Waals surface area contributed by atoms with Crippen LogP contribution in [0.25, 0.3) is 0 Å². The van der Waals surface area contributed by atoms with Gasteiger partial charge in [0.1, 0.15) is 5.75 Å². The zero-order valence-corrected chi connectivity index (χ0v) is 12.0. The third kappa shape index (κ3) is 3.34. The summed E-state index contributed by atoms with van der Waals surface area (Å²) in [6.45, 7) is 3.28. The standard InChI is InChI=1S/C17H18N2O2/c1-12-2-4-13(5-3-12)11-18-17(20)19-15-6-7-16-14(10-15)8-9-21-16/h2-7,10H,8-9,11H2,1H3,(H2,18,19,20). The van der Waals surface area contributed by atoms with Crippen molar-refractivity contribution in [1.82, 2.24) is 5.32 Å². The van der Waals surface area contributed by atoms with Crippen molar-refractivity contribution in [2.24, 2.45) is 0 Å². The van der Waals surface area contributed by atoms with Crippen molar-refractivity contribution in [1.29, 1.82) is 0 Å². The molecule has 2 aromatic rings. The van der Waals surface area contributed by atoms with E-state index in [1.165, 1.54) is 5.56 Å². The van der Waals surface area contributed by atoms with Crippen LogP contribution in [0.4, 0.5) is 10.5 Å². The maximum absolute atomic E-state index is 11.9. The SMILES string of the molecule is Cc1ccc(CNC(=O)Nc2ccc3c(c2)CCO3)cc1. The summed E-state index contributed by atoms with van der Waals surface area (Å²) in [4.78, 5) is 11.9. The Labute approximate surface area is 124 Å². The van der Waals surface area contributed by atoms with Crippen LogP contribution in [0.2, 0.25) is 0 Å². The fourth-order valence-corrected chi connectivity index (χ4v) is 2.33. The van der Waals surface area contributed by atoms with Gasteiger partial charge < -0.3 is 15.4 Å². The molecule has 0 bridgehead atoms. The zero-order chi connectivity index (χ0) is 14.7. The highest BCUT2D eigenvalue weighted by molar-refractivity contribution is 5.89. The molecule has 0 unspecified atom stereocenters. The minimum absolute atomic E-state index is 0.200. The fraction of sp³-hybridized carbons (Fsp3) is 0.235. The third-order valence-corrected chi connectivity index (χ3v) is 3.52. The Balaban J connectivity index is 1.55. The monoisotopic (exact) mass is 282 g/mol. The van der Waals surface area contributed by atoms with Crippen LogP contribution >= 0.6 is 0 Å². The van der Waals surface area contributed by atoms with E-state index in [4.69, 9.17) is 4.74 Å². The molecule has 4 nitrogen and oxygen atoms in total. The van der Waals surface area contributed by atoms with E-state index in [-0.39, 0.29) is 6.03 Å². The first-order chi connectivity index (χ1) is 10.2. The van der Waals surface area contributed by atoms with Crippen molar-refractivity contribution in [2.45, 2.75) is 19.9 Å². The number of urea groups is 1. The molecule has 21 heavy (non-hydrogen) atoms. The van der Waals surface area contributed by atoms with Gasteiger partial charge in [0.05, 0.1) is 6.61 Å². The highest BCUT2D eigenvalue weighted by atomic mass is 16.5. The number of carbonyl (C=O) groups excluding carboxylic acids is 1. The Morgan fingerprint density at radius 3 is 2.81 bits per heavy atom. The number of amides is 2. The summed E-state index contributed by atoms with van der Waals surface area (Å²) in [5.74, 6) is 0.917. The fourth-order valence-electron chi connectivity index (χ4n) is 2.33. The minimum Gasteiger partial charge on any atom is -0.493 e. The molecule has 1 aliphatic rings. The number of benzene rings is 2. The number of nitrogens with one attached hydrogen (secondary N) is 2. The van der Waals surface area contributed by atoms with E-state index in [1.54, 1.807) is 0 Å². The zero-order valence-electron chi connectivity index (χ0n) is 12.0. The Morgan fingerprint density at radius 2 is 2.00 bits per heavy atom. The van der Waals surface area contributed by atoms with Gasteiger partial charge in [-0.3, -0.25) is 0 Å². The molecule has 0 saturated heterocycles. The third-order valence-electron chi connectivity index (χ3n) is 3.52. The van der Waals surface area contributed by atoms with Crippen molar-refractivity contribution in [3.8, 4) is 5.75 Å². The molecule has 0 aromatic heterocycles. The quantitative estimate of drug-likeness (QED) is 0.908. The molecule has 0 atom stereocenters. The Hall–Kier alpha value is -2.49. The van der Waals surface area contributed by atoms with Gasteiger partial charge in [-0.25, -0.2) is 4.79 Å². The van der Waals surface area contributed by atoms with Gasteiger partial charge in [-0.1, -0.05) is 29.8 Å². The van der Waals surface area contributed by atoms with Gasteiger partial charge in [0.2, 0.25) is 0 Å². The molecule has 2 amide bonds. The first-order valence-electron chi connectivity index (χ1n) is 7.07. The largest absolute Gasteiger partial charge is 0.493 e. The Bertz CT molecular complexity index is 650. The van der Waals surface area contributed by atoms with Crippen LogP contribution in [-0.2, 0) is 13.0 Å². The van der Waals surface area contributed by atoms with E-state index < -0.39 is 0 Å². The summed E-state index contributed by atoms with van der Waals surface area (Å²) in [7, 11) is 0. The summed E-state index contributed by atoms with van der Waals surface area (Å²) in [5.41, 5.74) is 4.23. The molecule has 4 heteroatoms. The van der Waals surface area contributed by atoms with Gasteiger partial charge in [-0.2, -0.15) is 0 Å². The summed E-state index contributed by atoms with van der Waals surface area (Å²) in [5, 5.41) is 5.70. The normalized spacial score (nSPS) is 12.4. The second-order valence-electron chi connectivity index (χ2n) is 5.21. The molecule has 108 valence electrons. The van der Waals surface area contributed by atoms with Crippen LogP contribution in [-0.4, -0.2) is 12.6 Å². The smallest absolute Gasteiger partial charge is 0.319 e. The number of ether oxygens (including phenoxy) is 1. The van der Waals surface area contributed by atoms with Crippen molar-refractivity contribution in [3.63, 3.8) is 0 Å². The van der Waals surface area contributed by atoms with Gasteiger partial charge in [-0.05, 0) is 36.2 Å². The molecule has 0 saturated carbocycles. The van der Waals surface area contributed by atoms with Crippen LogP contribution in [0.5, 0.6) is 5.75 Å². The molecule has 3 rings (SSSR count). The topological polar surface area (TPSA) is 50.4 Å². The summed E-state index contributed by atoms with van der Waals surface area (Å²) < 4.78 is 5.45. The van der Waals surface area contributed by atoms with E-state index in [1.807, 2.05) is 49.4 Å². The molecule has 1 heterocycles. The van der Waals surface area contributed by atoms with Crippen LogP contribution < -0.4 is 15.4 Å². The molecule has 2 aromatic carbocycles. The maximum Gasteiger partial charge on any atom is 0.319 e. The van der Waals surface area contributed by atoms with Gasteiger partial charge in [0.15, 0.2) is 0 Å². The number of aryl methyl sites for hydroxylation is 1. The molecular formula is C17H18N2O2. The molecular weight excluding hydrogens is 264 g/mol. The number of rotatable bonds is 3. The van der Waals surface area contributed by atoms with Crippen molar-refractivity contribution in [2.75, 3.05) is 11.9 Å². The van der Waals surface area contributed by atoms with Crippen LogP contribution in [0.3, 0.4) is 0 Å². The first kappa shape index (κ1) is 13.5. The molecule has 1 aliphatic heterocycles. The lowest BCUT2D eigenvalue weighted by molar-refractivity contribution is 0.251. The Morgan fingerprint density at radius 1 is 1.19 bits per heavy atom. The lowest BCUT2D eigenvalue weighted by Gasteiger charge is -2.09. The molecule has 0 fully saturated rings. The number of carbonyl (C=O) groups is 1. The maximum atomic E-state index is 11.9. The van der Waals surface area contributed by atoms with E-state index in [0.717, 1.165) is 35.6 Å². The summed E-state index contributed by atoms with van der Waals surface area (Å²) in [6.07, 6.45) is 0.899. The van der Waals surface area contributed by atoms with Crippen molar-refractivity contribution < 1.29 is 9.53 Å². The second-order valence-corrected chi connectivity index (χ2v) is 5.21. The van der Waals surface area contributed by atoms with Gasteiger partial charge in [-0.15, -0.1) is 0 Å². The average molecular weight is 282 g/mol. The molecule has 0 radical (unpaired) electrons. The van der Waals surface area contributed by atoms with E-state index in [2.05, 4.69) is 10.6 Å². The van der Waals surface area contributed by atoms with Gasteiger partial charge in [0, 0.05) is 18.7 Å². The average Bonchev–Trinajstić information content (AvgIpc) is 2.94. The first-order valence-corrected chi connectivity index (χ1v) is 7.07. The summed E-state index contributed by atoms with van der Waals surface area (Å²) in [6, 6.07) is 13.6. The molecule has 0 spiro atoms. The number of fused-ring (bicyclic) bond motifs is 1.